The van der Waals surface area contributed by atoms with E-state index in [1.54, 1.807) is 0 Å². The van der Waals surface area contributed by atoms with Crippen LogP contribution in [-0.2, 0) is 10.3 Å². The molecule has 2 aliphatic rings. The molecular formula is C41H39N5O2. The zero-order valence-corrected chi connectivity index (χ0v) is 27.3. The molecule has 4 aromatic carbocycles. The van der Waals surface area contributed by atoms with Crippen LogP contribution in [0.5, 0.6) is 5.88 Å². The number of aromatic nitrogens is 3. The third-order valence-corrected chi connectivity index (χ3v) is 9.99. The molecule has 8 rings (SSSR count). The minimum absolute atomic E-state index is 0.0190. The average molecular weight is 634 g/mol. The molecule has 0 bridgehead atoms. The van der Waals surface area contributed by atoms with Crippen molar-refractivity contribution in [1.82, 2.24) is 20.1 Å². The number of benzene rings is 4. The third-order valence-electron chi connectivity index (χ3n) is 9.99. The predicted octanol–water partition coefficient (Wildman–Crippen LogP) is 7.44. The van der Waals surface area contributed by atoms with E-state index < -0.39 is 5.54 Å². The van der Waals surface area contributed by atoms with Crippen molar-refractivity contribution in [3.05, 3.63) is 144 Å². The van der Waals surface area contributed by atoms with Crippen LogP contribution < -0.4 is 15.0 Å². The highest BCUT2D eigenvalue weighted by Gasteiger charge is 2.49. The van der Waals surface area contributed by atoms with E-state index in [9.17, 15) is 4.79 Å². The number of nitrogens with zero attached hydrogens (tertiary/aromatic N) is 4. The third kappa shape index (κ3) is 4.88. The van der Waals surface area contributed by atoms with Crippen LogP contribution in [0.25, 0.3) is 22.2 Å². The van der Waals surface area contributed by atoms with Gasteiger partial charge >= 0.3 is 0 Å². The molecule has 2 aliphatic heterocycles. The van der Waals surface area contributed by atoms with E-state index in [2.05, 4.69) is 124 Å². The second-order valence-corrected chi connectivity index (χ2v) is 13.2. The lowest BCUT2D eigenvalue weighted by atomic mass is 9.77. The van der Waals surface area contributed by atoms with Gasteiger partial charge < -0.3 is 15.0 Å². The summed E-state index contributed by atoms with van der Waals surface area (Å²) in [5.41, 5.74) is 5.68. The van der Waals surface area contributed by atoms with Crippen molar-refractivity contribution in [2.75, 3.05) is 24.5 Å². The Kier molecular flexibility index (Phi) is 7.57. The highest BCUT2D eigenvalue weighted by Crippen LogP contribution is 2.46. The number of amides is 1. The Labute approximate surface area is 281 Å². The van der Waals surface area contributed by atoms with Gasteiger partial charge in [-0.25, -0.2) is 9.67 Å². The van der Waals surface area contributed by atoms with Gasteiger partial charge in [0, 0.05) is 42.0 Å². The first kappa shape index (κ1) is 30.1. The van der Waals surface area contributed by atoms with Crippen molar-refractivity contribution in [3.63, 3.8) is 0 Å². The van der Waals surface area contributed by atoms with Gasteiger partial charge in [-0.1, -0.05) is 91.0 Å². The summed E-state index contributed by atoms with van der Waals surface area (Å²) in [6.45, 7) is 6.33. The van der Waals surface area contributed by atoms with E-state index >= 15 is 0 Å². The first-order valence-corrected chi connectivity index (χ1v) is 16.9. The van der Waals surface area contributed by atoms with Gasteiger partial charge in [-0.2, -0.15) is 5.10 Å². The van der Waals surface area contributed by atoms with Crippen molar-refractivity contribution >= 4 is 22.5 Å². The molecule has 0 saturated carbocycles. The standard InChI is InChI=1S/C41H39N5O2/c1-29(2)48-37-21-18-30(27-43-37)38-35-26-34(45-25-23-40(39(45)47)22-24-42-28-40)19-20-36(35)46(44-38)41(31-12-6-3-7-13-31,32-14-8-4-9-15-32)33-16-10-5-11-17-33/h3-21,26-27,29,42H,22-25,28H2,1-2H3/t40-/m1/s1. The number of anilines is 1. The van der Waals surface area contributed by atoms with Crippen LogP contribution in [0, 0.1) is 5.41 Å². The minimum Gasteiger partial charge on any atom is -0.475 e. The molecule has 0 aliphatic carbocycles. The Morgan fingerprint density at radius 1 is 0.812 bits per heavy atom. The molecule has 7 nitrogen and oxygen atoms in total. The normalized spacial score (nSPS) is 18.0. The highest BCUT2D eigenvalue weighted by atomic mass is 16.5. The lowest BCUT2D eigenvalue weighted by Crippen LogP contribution is -2.38. The van der Waals surface area contributed by atoms with Crippen molar-refractivity contribution in [2.45, 2.75) is 38.3 Å². The number of nitrogens with one attached hydrogen (secondary N) is 1. The predicted molar refractivity (Wildman–Crippen MR) is 190 cm³/mol. The number of hydrogen-bond acceptors (Lipinski definition) is 5. The van der Waals surface area contributed by atoms with Gasteiger partial charge in [-0.05, 0) is 74.2 Å². The number of fused-ring (bicyclic) bond motifs is 1. The van der Waals surface area contributed by atoms with E-state index in [-0.39, 0.29) is 17.4 Å². The number of ether oxygens (including phenoxy) is 1. The maximum absolute atomic E-state index is 13.9. The molecule has 6 aromatic rings. The Morgan fingerprint density at radius 2 is 1.46 bits per heavy atom. The monoisotopic (exact) mass is 633 g/mol. The maximum Gasteiger partial charge on any atom is 0.234 e. The second-order valence-electron chi connectivity index (χ2n) is 13.2. The van der Waals surface area contributed by atoms with Crippen LogP contribution in [0.4, 0.5) is 5.69 Å². The van der Waals surface area contributed by atoms with E-state index in [1.807, 2.05) is 37.1 Å². The number of pyridine rings is 1. The Morgan fingerprint density at radius 3 is 2.00 bits per heavy atom. The van der Waals surface area contributed by atoms with E-state index in [4.69, 9.17) is 9.84 Å². The quantitative estimate of drug-likeness (QED) is 0.177. The van der Waals surface area contributed by atoms with Gasteiger partial charge in [0.25, 0.3) is 0 Å². The molecule has 1 spiro atoms. The van der Waals surface area contributed by atoms with Crippen LogP contribution in [-0.4, -0.2) is 46.4 Å². The number of rotatable bonds is 8. The summed E-state index contributed by atoms with van der Waals surface area (Å²) in [6, 6.07) is 42.1. The van der Waals surface area contributed by atoms with Crippen LogP contribution in [0.2, 0.25) is 0 Å². The first-order valence-electron chi connectivity index (χ1n) is 16.9. The molecular weight excluding hydrogens is 594 g/mol. The summed E-state index contributed by atoms with van der Waals surface area (Å²) in [7, 11) is 0. The molecule has 7 heteroatoms. The zero-order chi connectivity index (χ0) is 32.7. The number of carbonyl (C=O) groups excluding carboxylic acids is 1. The first-order chi connectivity index (χ1) is 23.5. The van der Waals surface area contributed by atoms with Crippen molar-refractivity contribution in [2.24, 2.45) is 5.41 Å². The molecule has 48 heavy (non-hydrogen) atoms. The van der Waals surface area contributed by atoms with Crippen LogP contribution in [0.1, 0.15) is 43.4 Å². The smallest absolute Gasteiger partial charge is 0.234 e. The summed E-state index contributed by atoms with van der Waals surface area (Å²) < 4.78 is 8.06. The number of carbonyl (C=O) groups is 1. The summed E-state index contributed by atoms with van der Waals surface area (Å²) >= 11 is 0. The molecule has 1 amide bonds. The molecule has 240 valence electrons. The Balaban J connectivity index is 1.40. The molecule has 1 atom stereocenters. The van der Waals surface area contributed by atoms with E-state index in [1.165, 1.54) is 0 Å². The molecule has 2 fully saturated rings. The molecule has 4 heterocycles. The SMILES string of the molecule is CC(C)Oc1ccc(-c2nn(C(c3ccccc3)(c3ccccc3)c3ccccc3)c3ccc(N4CC[C@@]5(CCNC5)C4=O)cc23)cn1. The average Bonchev–Trinajstić information content (AvgIpc) is 3.85. The Bertz CT molecular complexity index is 1950. The lowest BCUT2D eigenvalue weighted by Gasteiger charge is -2.37. The van der Waals surface area contributed by atoms with Gasteiger partial charge in [-0.15, -0.1) is 0 Å². The largest absolute Gasteiger partial charge is 0.475 e. The fraction of sp³-hybridized carbons (Fsp3) is 0.244. The van der Waals surface area contributed by atoms with Gasteiger partial charge in [0.2, 0.25) is 11.8 Å². The molecule has 0 radical (unpaired) electrons. The molecule has 2 aromatic heterocycles. The molecule has 0 unspecified atom stereocenters. The van der Waals surface area contributed by atoms with Crippen molar-refractivity contribution < 1.29 is 9.53 Å². The highest BCUT2D eigenvalue weighted by molar-refractivity contribution is 6.03. The summed E-state index contributed by atoms with van der Waals surface area (Å²) in [4.78, 5) is 20.5. The van der Waals surface area contributed by atoms with Crippen LogP contribution in [0.15, 0.2) is 128 Å². The van der Waals surface area contributed by atoms with Crippen LogP contribution in [0.3, 0.4) is 0 Å². The molecule has 1 N–H and O–H groups in total. The van der Waals surface area contributed by atoms with Gasteiger partial charge in [0.15, 0.2) is 0 Å². The number of hydrogen-bond donors (Lipinski definition) is 1. The topological polar surface area (TPSA) is 72.3 Å². The maximum atomic E-state index is 13.9. The lowest BCUT2D eigenvalue weighted by molar-refractivity contribution is -0.124. The van der Waals surface area contributed by atoms with Crippen LogP contribution >= 0.6 is 0 Å². The van der Waals surface area contributed by atoms with E-state index in [0.717, 1.165) is 70.5 Å². The fourth-order valence-corrected chi connectivity index (χ4v) is 7.69. The summed E-state index contributed by atoms with van der Waals surface area (Å²) in [6.07, 6.45) is 3.61. The zero-order valence-electron chi connectivity index (χ0n) is 27.3. The van der Waals surface area contributed by atoms with E-state index in [0.29, 0.717) is 12.4 Å². The second kappa shape index (κ2) is 12.1. The Hall–Kier alpha value is -5.27. The van der Waals surface area contributed by atoms with Crippen molar-refractivity contribution in [1.29, 1.82) is 0 Å². The fourth-order valence-electron chi connectivity index (χ4n) is 7.69. The van der Waals surface area contributed by atoms with Gasteiger partial charge in [0.05, 0.1) is 17.0 Å². The summed E-state index contributed by atoms with van der Waals surface area (Å²) in [5, 5.41) is 9.91. The van der Waals surface area contributed by atoms with Crippen molar-refractivity contribution in [3.8, 4) is 17.1 Å². The summed E-state index contributed by atoms with van der Waals surface area (Å²) in [5.74, 6) is 0.786. The minimum atomic E-state index is -0.807. The van der Waals surface area contributed by atoms with Gasteiger partial charge in [0.1, 0.15) is 11.2 Å². The molecule has 2 saturated heterocycles. The van der Waals surface area contributed by atoms with Gasteiger partial charge in [-0.3, -0.25) is 4.79 Å².